The Morgan fingerprint density at radius 2 is 1.89 bits per heavy atom. The van der Waals surface area contributed by atoms with Gasteiger partial charge in [0.25, 0.3) is 0 Å². The summed E-state index contributed by atoms with van der Waals surface area (Å²) in [5, 5.41) is 12.9. The van der Waals surface area contributed by atoms with Gasteiger partial charge in [0.1, 0.15) is 0 Å². The van der Waals surface area contributed by atoms with Gasteiger partial charge in [0.15, 0.2) is 5.78 Å². The van der Waals surface area contributed by atoms with Crippen molar-refractivity contribution < 1.29 is 9.90 Å². The van der Waals surface area contributed by atoms with E-state index in [9.17, 15) is 9.90 Å². The van der Waals surface area contributed by atoms with Gasteiger partial charge in [0, 0.05) is 42.4 Å². The van der Waals surface area contributed by atoms with Crippen LogP contribution in [-0.4, -0.2) is 27.5 Å². The van der Waals surface area contributed by atoms with Crippen molar-refractivity contribution >= 4 is 17.2 Å². The van der Waals surface area contributed by atoms with Crippen molar-refractivity contribution in [2.45, 2.75) is 33.1 Å². The fourth-order valence-corrected chi connectivity index (χ4v) is 4.03. The number of para-hydroxylation sites is 1. The van der Waals surface area contributed by atoms with Crippen LogP contribution in [0.3, 0.4) is 0 Å². The molecule has 0 bridgehead atoms. The molecule has 0 aliphatic heterocycles. The number of aromatic nitrogens is 2. The first-order valence-electron chi connectivity index (χ1n) is 9.63. The van der Waals surface area contributed by atoms with E-state index in [0.29, 0.717) is 12.8 Å². The molecule has 144 valence electrons. The minimum absolute atomic E-state index is 0.0590. The van der Waals surface area contributed by atoms with Crippen LogP contribution in [0.25, 0.3) is 11.3 Å². The predicted octanol–water partition coefficient (Wildman–Crippen LogP) is 4.51. The summed E-state index contributed by atoms with van der Waals surface area (Å²) in [7, 11) is 0. The smallest absolute Gasteiger partial charge is 0.167 e. The normalized spacial score (nSPS) is 15.3. The number of aliphatic hydroxyl groups is 1. The number of fused-ring (bicyclic) bond motifs is 1. The number of pyridine rings is 1. The molecular formula is C23H25N3O2. The SMILES string of the molecule is CC1(C)CC(=O)c2c([nH]c(-c3ccncc3)c2Nc2ccccc2CCO)C1. The maximum Gasteiger partial charge on any atom is 0.167 e. The standard InChI is InChI=1S/C23H25N3O2/c1-23(2)13-18-20(19(28)14-23)22(21(26-18)16-7-10-24-11-8-16)25-17-6-4-3-5-15(17)9-12-27/h3-8,10-11,25-27H,9,12-14H2,1-2H3. The fraction of sp³-hybridized carbons (Fsp3) is 0.304. The van der Waals surface area contributed by atoms with Crippen molar-refractivity contribution in [2.75, 3.05) is 11.9 Å². The highest BCUT2D eigenvalue weighted by Crippen LogP contribution is 2.43. The highest BCUT2D eigenvalue weighted by Gasteiger charge is 2.35. The van der Waals surface area contributed by atoms with Gasteiger partial charge in [-0.05, 0) is 42.0 Å². The van der Waals surface area contributed by atoms with Crippen LogP contribution < -0.4 is 5.32 Å². The molecule has 0 saturated carbocycles. The third-order valence-corrected chi connectivity index (χ3v) is 5.28. The summed E-state index contributed by atoms with van der Waals surface area (Å²) in [5.74, 6) is 0.157. The molecule has 1 aliphatic carbocycles. The second-order valence-corrected chi connectivity index (χ2v) is 8.16. The molecule has 3 N–H and O–H groups in total. The van der Waals surface area contributed by atoms with Gasteiger partial charge in [-0.15, -0.1) is 0 Å². The number of rotatable bonds is 5. The number of carbonyl (C=O) groups excluding carboxylic acids is 1. The lowest BCUT2D eigenvalue weighted by atomic mass is 9.76. The average Bonchev–Trinajstić information content (AvgIpc) is 3.01. The predicted molar refractivity (Wildman–Crippen MR) is 111 cm³/mol. The van der Waals surface area contributed by atoms with Crippen molar-refractivity contribution in [3.05, 3.63) is 65.6 Å². The third kappa shape index (κ3) is 3.45. The fourth-order valence-electron chi connectivity index (χ4n) is 4.03. The zero-order valence-corrected chi connectivity index (χ0v) is 16.2. The quantitative estimate of drug-likeness (QED) is 0.613. The molecule has 0 radical (unpaired) electrons. The number of carbonyl (C=O) groups is 1. The number of benzene rings is 1. The molecular weight excluding hydrogens is 350 g/mol. The van der Waals surface area contributed by atoms with E-state index in [0.717, 1.165) is 45.9 Å². The molecule has 2 heterocycles. The Morgan fingerprint density at radius 1 is 1.14 bits per heavy atom. The number of hydrogen-bond acceptors (Lipinski definition) is 4. The number of hydrogen-bond donors (Lipinski definition) is 3. The van der Waals surface area contributed by atoms with Crippen LogP contribution >= 0.6 is 0 Å². The van der Waals surface area contributed by atoms with Crippen molar-refractivity contribution in [3.63, 3.8) is 0 Å². The van der Waals surface area contributed by atoms with E-state index in [4.69, 9.17) is 0 Å². The summed E-state index contributed by atoms with van der Waals surface area (Å²) in [6, 6.07) is 11.8. The van der Waals surface area contributed by atoms with Crippen molar-refractivity contribution in [1.82, 2.24) is 9.97 Å². The van der Waals surface area contributed by atoms with E-state index in [-0.39, 0.29) is 17.8 Å². The molecule has 5 heteroatoms. The van der Waals surface area contributed by atoms with Crippen molar-refractivity contribution in [2.24, 2.45) is 5.41 Å². The van der Waals surface area contributed by atoms with E-state index in [1.165, 1.54) is 0 Å². The van der Waals surface area contributed by atoms with Crippen molar-refractivity contribution in [1.29, 1.82) is 0 Å². The molecule has 0 atom stereocenters. The number of anilines is 2. The molecule has 1 aromatic carbocycles. The molecule has 0 amide bonds. The van der Waals surface area contributed by atoms with E-state index in [1.807, 2.05) is 36.4 Å². The van der Waals surface area contributed by atoms with Crippen LogP contribution in [0, 0.1) is 5.41 Å². The second-order valence-electron chi connectivity index (χ2n) is 8.16. The van der Waals surface area contributed by atoms with E-state index in [2.05, 4.69) is 29.1 Å². The van der Waals surface area contributed by atoms with Crippen LogP contribution in [0.15, 0.2) is 48.8 Å². The molecule has 0 fully saturated rings. The minimum atomic E-state index is -0.0590. The summed E-state index contributed by atoms with van der Waals surface area (Å²) < 4.78 is 0. The van der Waals surface area contributed by atoms with Crippen LogP contribution in [0.5, 0.6) is 0 Å². The lowest BCUT2D eigenvalue weighted by molar-refractivity contribution is 0.0912. The van der Waals surface area contributed by atoms with Gasteiger partial charge in [-0.3, -0.25) is 9.78 Å². The maximum atomic E-state index is 13.1. The zero-order valence-electron chi connectivity index (χ0n) is 16.2. The first-order valence-corrected chi connectivity index (χ1v) is 9.63. The first kappa shape index (κ1) is 18.4. The topological polar surface area (TPSA) is 78.0 Å². The Bertz CT molecular complexity index is 1010. The van der Waals surface area contributed by atoms with E-state index in [1.54, 1.807) is 12.4 Å². The van der Waals surface area contributed by atoms with Gasteiger partial charge >= 0.3 is 0 Å². The molecule has 1 aliphatic rings. The Labute approximate surface area is 164 Å². The summed E-state index contributed by atoms with van der Waals surface area (Å²) in [4.78, 5) is 20.7. The van der Waals surface area contributed by atoms with Gasteiger partial charge < -0.3 is 15.4 Å². The first-order chi connectivity index (χ1) is 13.5. The second kappa shape index (κ2) is 7.24. The van der Waals surface area contributed by atoms with Gasteiger partial charge in [-0.25, -0.2) is 0 Å². The van der Waals surface area contributed by atoms with Crippen LogP contribution in [0.4, 0.5) is 11.4 Å². The molecule has 0 unspecified atom stereocenters. The number of Topliss-reactive ketones (excluding diaryl/α,β-unsaturated/α-hetero) is 1. The van der Waals surface area contributed by atoms with Crippen LogP contribution in [-0.2, 0) is 12.8 Å². The van der Waals surface area contributed by atoms with Crippen LogP contribution in [0.1, 0.15) is 41.9 Å². The van der Waals surface area contributed by atoms with E-state index < -0.39 is 0 Å². The maximum absolute atomic E-state index is 13.1. The van der Waals surface area contributed by atoms with Crippen LogP contribution in [0.2, 0.25) is 0 Å². The average molecular weight is 375 g/mol. The Kier molecular flexibility index (Phi) is 4.77. The molecule has 3 aromatic rings. The molecule has 0 spiro atoms. The van der Waals surface area contributed by atoms with E-state index >= 15 is 0 Å². The van der Waals surface area contributed by atoms with Gasteiger partial charge in [0.2, 0.25) is 0 Å². The number of nitrogens with zero attached hydrogens (tertiary/aromatic N) is 1. The van der Waals surface area contributed by atoms with Gasteiger partial charge in [0.05, 0.1) is 16.9 Å². The molecule has 5 nitrogen and oxygen atoms in total. The number of ketones is 1. The molecule has 28 heavy (non-hydrogen) atoms. The third-order valence-electron chi connectivity index (χ3n) is 5.28. The molecule has 0 saturated heterocycles. The number of H-pyrrole nitrogens is 1. The summed E-state index contributed by atoms with van der Waals surface area (Å²) in [6.45, 7) is 4.34. The lowest BCUT2D eigenvalue weighted by Gasteiger charge is -2.28. The Hall–Kier alpha value is -2.92. The minimum Gasteiger partial charge on any atom is -0.396 e. The highest BCUT2D eigenvalue weighted by atomic mass is 16.3. The largest absolute Gasteiger partial charge is 0.396 e. The number of aliphatic hydroxyl groups excluding tert-OH is 1. The summed E-state index contributed by atoms with van der Waals surface area (Å²) >= 11 is 0. The lowest BCUT2D eigenvalue weighted by Crippen LogP contribution is -2.26. The monoisotopic (exact) mass is 375 g/mol. The molecule has 4 rings (SSSR count). The van der Waals surface area contributed by atoms with Gasteiger partial charge in [-0.2, -0.15) is 0 Å². The number of aromatic amines is 1. The summed E-state index contributed by atoms with van der Waals surface area (Å²) in [6.07, 6.45) is 5.42. The zero-order chi connectivity index (χ0) is 19.7. The van der Waals surface area contributed by atoms with Crippen molar-refractivity contribution in [3.8, 4) is 11.3 Å². The summed E-state index contributed by atoms with van der Waals surface area (Å²) in [5.41, 5.74) is 6.30. The van der Waals surface area contributed by atoms with Gasteiger partial charge in [-0.1, -0.05) is 32.0 Å². The molecule has 2 aromatic heterocycles. The highest BCUT2D eigenvalue weighted by molar-refractivity contribution is 6.07. The Morgan fingerprint density at radius 3 is 2.64 bits per heavy atom. The number of nitrogens with one attached hydrogen (secondary N) is 2. The Balaban J connectivity index is 1.86.